The van der Waals surface area contributed by atoms with Crippen LogP contribution in [-0.4, -0.2) is 24.7 Å². The van der Waals surface area contributed by atoms with Crippen molar-refractivity contribution in [3.05, 3.63) is 41.7 Å². The van der Waals surface area contributed by atoms with E-state index >= 15 is 0 Å². The maximum absolute atomic E-state index is 12.5. The zero-order chi connectivity index (χ0) is 15.5. The molecule has 0 fully saturated rings. The van der Waals surface area contributed by atoms with E-state index in [1.165, 1.54) is 6.20 Å². The fourth-order valence-electron chi connectivity index (χ4n) is 2.09. The molecule has 0 amide bonds. The third-order valence-corrected chi connectivity index (χ3v) is 4.73. The molecule has 0 aliphatic rings. The van der Waals surface area contributed by atoms with Crippen LogP contribution in [0.5, 0.6) is 0 Å². The highest BCUT2D eigenvalue weighted by molar-refractivity contribution is 7.92. The molecule has 114 valence electrons. The molecule has 0 aliphatic heterocycles. The molecule has 0 saturated heterocycles. The number of hydrogen-bond donors (Lipinski definition) is 2. The van der Waals surface area contributed by atoms with Gasteiger partial charge in [0.15, 0.2) is 0 Å². The lowest BCUT2D eigenvalue weighted by Crippen LogP contribution is -2.17. The van der Waals surface area contributed by atoms with Crippen molar-refractivity contribution >= 4 is 15.7 Å². The maximum Gasteiger partial charge on any atom is 0.262 e. The van der Waals surface area contributed by atoms with Gasteiger partial charge in [-0.25, -0.2) is 8.42 Å². The van der Waals surface area contributed by atoms with Crippen molar-refractivity contribution in [1.29, 1.82) is 0 Å². The van der Waals surface area contributed by atoms with E-state index < -0.39 is 10.0 Å². The molecule has 1 aromatic carbocycles. The Labute approximate surface area is 125 Å². The summed E-state index contributed by atoms with van der Waals surface area (Å²) in [5.74, 6) is 0. The van der Waals surface area contributed by atoms with Crippen molar-refractivity contribution in [1.82, 2.24) is 15.1 Å². The summed E-state index contributed by atoms with van der Waals surface area (Å²) >= 11 is 0. The summed E-state index contributed by atoms with van der Waals surface area (Å²) in [6, 6.07) is 5.31. The molecule has 0 spiro atoms. The van der Waals surface area contributed by atoms with Gasteiger partial charge in [-0.1, -0.05) is 19.1 Å². The fraction of sp³-hybridized carbons (Fsp3) is 0.357. The van der Waals surface area contributed by atoms with E-state index in [9.17, 15) is 8.42 Å². The molecule has 0 radical (unpaired) electrons. The predicted octanol–water partition coefficient (Wildman–Crippen LogP) is 1.64. The zero-order valence-corrected chi connectivity index (χ0v) is 13.2. The van der Waals surface area contributed by atoms with Crippen LogP contribution in [0.15, 0.2) is 35.5 Å². The van der Waals surface area contributed by atoms with Gasteiger partial charge in [0, 0.05) is 19.8 Å². The van der Waals surface area contributed by atoms with Gasteiger partial charge in [0.2, 0.25) is 0 Å². The second-order valence-corrected chi connectivity index (χ2v) is 6.48. The third kappa shape index (κ3) is 3.62. The molecule has 21 heavy (non-hydrogen) atoms. The number of nitrogens with one attached hydrogen (secondary N) is 2. The first-order valence-corrected chi connectivity index (χ1v) is 8.23. The second-order valence-electron chi connectivity index (χ2n) is 4.83. The first kappa shape index (κ1) is 15.5. The fourth-order valence-corrected chi connectivity index (χ4v) is 3.40. The molecule has 7 heteroatoms. The van der Waals surface area contributed by atoms with Crippen molar-refractivity contribution in [2.24, 2.45) is 7.05 Å². The Morgan fingerprint density at radius 2 is 2.10 bits per heavy atom. The number of aromatic nitrogens is 2. The standard InChI is InChI=1S/C14H20N4O2S/c1-4-15-8-12-6-5-7-14(11(12)2)21(19,20)17-13-9-16-18(3)10-13/h5-7,9-10,15,17H,4,8H2,1-3H3. The van der Waals surface area contributed by atoms with Crippen molar-refractivity contribution < 1.29 is 8.42 Å². The van der Waals surface area contributed by atoms with Crippen LogP contribution in [0.2, 0.25) is 0 Å². The van der Waals surface area contributed by atoms with E-state index in [-0.39, 0.29) is 0 Å². The average molecular weight is 308 g/mol. The van der Waals surface area contributed by atoms with E-state index in [4.69, 9.17) is 0 Å². The molecule has 0 atom stereocenters. The summed E-state index contributed by atoms with van der Waals surface area (Å²) in [5.41, 5.74) is 2.19. The largest absolute Gasteiger partial charge is 0.313 e. The smallest absolute Gasteiger partial charge is 0.262 e. The maximum atomic E-state index is 12.5. The van der Waals surface area contributed by atoms with Crippen molar-refractivity contribution in [3.8, 4) is 0 Å². The van der Waals surface area contributed by atoms with Gasteiger partial charge in [-0.05, 0) is 30.7 Å². The summed E-state index contributed by atoms with van der Waals surface area (Å²) < 4.78 is 29.1. The van der Waals surface area contributed by atoms with Crippen LogP contribution >= 0.6 is 0 Å². The number of sulfonamides is 1. The van der Waals surface area contributed by atoms with Gasteiger partial charge in [-0.3, -0.25) is 9.40 Å². The number of rotatable bonds is 6. The van der Waals surface area contributed by atoms with Gasteiger partial charge in [0.1, 0.15) is 0 Å². The Kier molecular flexibility index (Phi) is 4.64. The molecular formula is C14H20N4O2S. The molecule has 6 nitrogen and oxygen atoms in total. The predicted molar refractivity (Wildman–Crippen MR) is 82.6 cm³/mol. The van der Waals surface area contributed by atoms with Gasteiger partial charge in [-0.2, -0.15) is 5.10 Å². The first-order chi connectivity index (χ1) is 9.94. The summed E-state index contributed by atoms with van der Waals surface area (Å²) in [6.45, 7) is 5.33. The van der Waals surface area contributed by atoms with Crippen LogP contribution in [-0.2, 0) is 23.6 Å². The van der Waals surface area contributed by atoms with E-state index in [1.807, 2.05) is 19.9 Å². The molecule has 2 rings (SSSR count). The van der Waals surface area contributed by atoms with Crippen LogP contribution in [0.4, 0.5) is 5.69 Å². The molecule has 0 aliphatic carbocycles. The first-order valence-electron chi connectivity index (χ1n) is 6.74. The number of hydrogen-bond acceptors (Lipinski definition) is 4. The summed E-state index contributed by atoms with van der Waals surface area (Å²) in [5, 5.41) is 7.16. The van der Waals surface area contributed by atoms with Gasteiger partial charge in [0.25, 0.3) is 10.0 Å². The Bertz CT molecular complexity index is 722. The molecule has 1 aromatic heterocycles. The topological polar surface area (TPSA) is 76.0 Å². The molecule has 0 bridgehead atoms. The summed E-state index contributed by atoms with van der Waals surface area (Å²) in [4.78, 5) is 0.293. The Balaban J connectivity index is 2.31. The van der Waals surface area contributed by atoms with E-state index in [0.29, 0.717) is 17.1 Å². The monoisotopic (exact) mass is 308 g/mol. The minimum absolute atomic E-state index is 0.293. The molecular weight excluding hydrogens is 288 g/mol. The van der Waals surface area contributed by atoms with Crippen LogP contribution in [0.1, 0.15) is 18.1 Å². The molecule has 0 saturated carbocycles. The van der Waals surface area contributed by atoms with Crippen LogP contribution in [0.3, 0.4) is 0 Å². The minimum atomic E-state index is -3.61. The molecule has 2 N–H and O–H groups in total. The van der Waals surface area contributed by atoms with Gasteiger partial charge >= 0.3 is 0 Å². The Hall–Kier alpha value is -1.86. The quantitative estimate of drug-likeness (QED) is 0.850. The lowest BCUT2D eigenvalue weighted by Gasteiger charge is -2.12. The number of benzene rings is 1. The van der Waals surface area contributed by atoms with Gasteiger partial charge in [0.05, 0.1) is 16.8 Å². The lowest BCUT2D eigenvalue weighted by atomic mass is 10.1. The number of anilines is 1. The van der Waals surface area contributed by atoms with Gasteiger partial charge < -0.3 is 5.32 Å². The minimum Gasteiger partial charge on any atom is -0.313 e. The highest BCUT2D eigenvalue weighted by Crippen LogP contribution is 2.21. The van der Waals surface area contributed by atoms with Gasteiger partial charge in [-0.15, -0.1) is 0 Å². The number of aryl methyl sites for hydroxylation is 1. The van der Waals surface area contributed by atoms with Crippen molar-refractivity contribution in [2.75, 3.05) is 11.3 Å². The number of nitrogens with zero attached hydrogens (tertiary/aromatic N) is 2. The zero-order valence-electron chi connectivity index (χ0n) is 12.4. The van der Waals surface area contributed by atoms with Crippen LogP contribution in [0, 0.1) is 6.92 Å². The molecule has 1 heterocycles. The average Bonchev–Trinajstić information content (AvgIpc) is 2.82. The Morgan fingerprint density at radius 1 is 1.33 bits per heavy atom. The SMILES string of the molecule is CCNCc1cccc(S(=O)(=O)Nc2cnn(C)c2)c1C. The Morgan fingerprint density at radius 3 is 2.71 bits per heavy atom. The highest BCUT2D eigenvalue weighted by atomic mass is 32.2. The highest BCUT2D eigenvalue weighted by Gasteiger charge is 2.19. The van der Waals surface area contributed by atoms with E-state index in [0.717, 1.165) is 17.7 Å². The summed E-state index contributed by atoms with van der Waals surface area (Å²) in [7, 11) is -1.87. The van der Waals surface area contributed by atoms with Crippen molar-refractivity contribution in [3.63, 3.8) is 0 Å². The molecule has 2 aromatic rings. The van der Waals surface area contributed by atoms with Crippen LogP contribution < -0.4 is 10.0 Å². The van der Waals surface area contributed by atoms with E-state index in [2.05, 4.69) is 15.1 Å². The third-order valence-electron chi connectivity index (χ3n) is 3.21. The van der Waals surface area contributed by atoms with Crippen LogP contribution in [0.25, 0.3) is 0 Å². The normalized spacial score (nSPS) is 11.6. The van der Waals surface area contributed by atoms with Crippen molar-refractivity contribution in [2.45, 2.75) is 25.3 Å². The summed E-state index contributed by atoms with van der Waals surface area (Å²) in [6.07, 6.45) is 3.10. The molecule has 0 unspecified atom stereocenters. The lowest BCUT2D eigenvalue weighted by molar-refractivity contribution is 0.600. The second kappa shape index (κ2) is 6.28. The van der Waals surface area contributed by atoms with E-state index in [1.54, 1.807) is 30.1 Å².